The Morgan fingerprint density at radius 3 is 2.71 bits per heavy atom. The van der Waals surface area contributed by atoms with Crippen LogP contribution in [0.4, 0.5) is 0 Å². The molecule has 0 unspecified atom stereocenters. The number of carboxylic acids is 1. The second-order valence-corrected chi connectivity index (χ2v) is 4.49. The maximum absolute atomic E-state index is 11.1. The lowest BCUT2D eigenvalue weighted by atomic mass is 10.1. The maximum atomic E-state index is 11.1. The number of aryl methyl sites for hydroxylation is 1. The molecule has 0 bridgehead atoms. The summed E-state index contributed by atoms with van der Waals surface area (Å²) in [5.41, 5.74) is 1.02. The second kappa shape index (κ2) is 4.59. The van der Waals surface area contributed by atoms with Crippen LogP contribution in [0.3, 0.4) is 0 Å². The zero-order chi connectivity index (χ0) is 12.6. The van der Waals surface area contributed by atoms with Crippen molar-refractivity contribution in [2.24, 2.45) is 0 Å². The first kappa shape index (κ1) is 12.3. The predicted octanol–water partition coefficient (Wildman–Crippen LogP) is 4.39. The van der Waals surface area contributed by atoms with E-state index in [2.05, 4.69) is 0 Å². The van der Waals surface area contributed by atoms with E-state index >= 15 is 0 Å². The van der Waals surface area contributed by atoms with Gasteiger partial charge in [-0.2, -0.15) is 0 Å². The Labute approximate surface area is 108 Å². The number of aromatic carboxylic acids is 1. The van der Waals surface area contributed by atoms with Gasteiger partial charge in [-0.3, -0.25) is 0 Å². The van der Waals surface area contributed by atoms with Gasteiger partial charge in [0.15, 0.2) is 5.58 Å². The summed E-state index contributed by atoms with van der Waals surface area (Å²) in [5.74, 6) is -1.14. The van der Waals surface area contributed by atoms with E-state index in [1.165, 1.54) is 0 Å². The zero-order valence-electron chi connectivity index (χ0n) is 9.09. The molecule has 0 amide bonds. The summed E-state index contributed by atoms with van der Waals surface area (Å²) < 4.78 is 5.31. The normalized spacial score (nSPS) is 11.0. The first-order chi connectivity index (χ1) is 8.06. The van der Waals surface area contributed by atoms with Crippen LogP contribution in [0, 0.1) is 0 Å². The summed E-state index contributed by atoms with van der Waals surface area (Å²) in [6.45, 7) is 1.97. The second-order valence-electron chi connectivity index (χ2n) is 3.70. The summed E-state index contributed by atoms with van der Waals surface area (Å²) >= 11 is 11.9. The Morgan fingerprint density at radius 2 is 2.12 bits per heavy atom. The van der Waals surface area contributed by atoms with Gasteiger partial charge in [0.25, 0.3) is 0 Å². The molecule has 1 heterocycles. The Hall–Kier alpha value is -1.19. The number of hydrogen-bond donors (Lipinski definition) is 1. The number of furan rings is 1. The summed E-state index contributed by atoms with van der Waals surface area (Å²) in [6.07, 6.45) is 1.46. The monoisotopic (exact) mass is 272 g/mol. The van der Waals surface area contributed by atoms with Crippen molar-refractivity contribution in [3.63, 3.8) is 0 Å². The van der Waals surface area contributed by atoms with Gasteiger partial charge in [-0.25, -0.2) is 4.79 Å². The van der Waals surface area contributed by atoms with E-state index in [0.717, 1.165) is 11.8 Å². The lowest BCUT2D eigenvalue weighted by Gasteiger charge is -1.97. The minimum Gasteiger partial charge on any atom is -0.475 e. The number of benzene rings is 1. The molecule has 2 aromatic rings. The molecule has 0 aliphatic rings. The van der Waals surface area contributed by atoms with Gasteiger partial charge in [0, 0.05) is 10.9 Å². The topological polar surface area (TPSA) is 50.4 Å². The first-order valence-electron chi connectivity index (χ1n) is 5.19. The van der Waals surface area contributed by atoms with Crippen molar-refractivity contribution in [2.75, 3.05) is 0 Å². The van der Waals surface area contributed by atoms with Gasteiger partial charge in [-0.05, 0) is 18.6 Å². The third-order valence-corrected chi connectivity index (χ3v) is 3.33. The summed E-state index contributed by atoms with van der Waals surface area (Å²) in [5, 5.41) is 10.4. The van der Waals surface area contributed by atoms with Crippen molar-refractivity contribution in [3.05, 3.63) is 33.5 Å². The largest absolute Gasteiger partial charge is 0.475 e. The summed E-state index contributed by atoms with van der Waals surface area (Å²) in [4.78, 5) is 11.1. The Bertz CT molecular complexity index is 587. The maximum Gasteiger partial charge on any atom is 0.372 e. The molecule has 0 aliphatic carbocycles. The Kier molecular flexibility index (Phi) is 3.31. The van der Waals surface area contributed by atoms with Crippen LogP contribution in [-0.2, 0) is 6.42 Å². The van der Waals surface area contributed by atoms with E-state index in [0.29, 0.717) is 22.6 Å². The summed E-state index contributed by atoms with van der Waals surface area (Å²) in [6, 6.07) is 3.39. The van der Waals surface area contributed by atoms with E-state index < -0.39 is 5.97 Å². The van der Waals surface area contributed by atoms with E-state index in [1.807, 2.05) is 6.92 Å². The molecular weight excluding hydrogens is 263 g/mol. The fourth-order valence-electron chi connectivity index (χ4n) is 1.83. The van der Waals surface area contributed by atoms with Gasteiger partial charge in [0.1, 0.15) is 5.02 Å². The fraction of sp³-hybridized carbons (Fsp3) is 0.250. The van der Waals surface area contributed by atoms with Crippen LogP contribution in [0.25, 0.3) is 11.0 Å². The Balaban J connectivity index is 2.79. The molecule has 0 saturated carbocycles. The molecule has 2 rings (SSSR count). The molecule has 0 radical (unpaired) electrons. The van der Waals surface area contributed by atoms with E-state index in [9.17, 15) is 4.79 Å². The number of halogens is 2. The lowest BCUT2D eigenvalue weighted by molar-refractivity contribution is 0.0663. The minimum absolute atomic E-state index is 0.0500. The van der Waals surface area contributed by atoms with Crippen LogP contribution < -0.4 is 0 Å². The number of carboxylic acid groups (broad SMARTS) is 1. The van der Waals surface area contributed by atoms with Gasteiger partial charge in [0.05, 0.1) is 5.02 Å². The van der Waals surface area contributed by atoms with E-state index in [1.54, 1.807) is 12.1 Å². The molecule has 0 saturated heterocycles. The molecule has 3 nitrogen and oxygen atoms in total. The zero-order valence-corrected chi connectivity index (χ0v) is 10.6. The molecule has 1 N–H and O–H groups in total. The highest BCUT2D eigenvalue weighted by atomic mass is 35.5. The molecule has 90 valence electrons. The quantitative estimate of drug-likeness (QED) is 0.902. The van der Waals surface area contributed by atoms with Gasteiger partial charge in [-0.1, -0.05) is 36.5 Å². The standard InChI is InChI=1S/C12H10Cl2O3/c1-2-3-6-7-4-5-8(13)9(14)10(7)17-11(6)12(15)16/h4-5H,2-3H2,1H3,(H,15,16). The molecule has 17 heavy (non-hydrogen) atoms. The molecule has 1 aromatic heterocycles. The van der Waals surface area contributed by atoms with Crippen LogP contribution in [0.2, 0.25) is 10.0 Å². The molecule has 1 aromatic carbocycles. The highest BCUT2D eigenvalue weighted by Gasteiger charge is 2.21. The SMILES string of the molecule is CCCc1c(C(=O)O)oc2c(Cl)c(Cl)ccc12. The van der Waals surface area contributed by atoms with Gasteiger partial charge in [0.2, 0.25) is 5.76 Å². The highest BCUT2D eigenvalue weighted by Crippen LogP contribution is 2.36. The lowest BCUT2D eigenvalue weighted by Crippen LogP contribution is -1.98. The molecule has 0 aliphatic heterocycles. The summed E-state index contributed by atoms with van der Waals surface area (Å²) in [7, 11) is 0. The van der Waals surface area contributed by atoms with Crippen molar-refractivity contribution in [2.45, 2.75) is 19.8 Å². The van der Waals surface area contributed by atoms with Crippen molar-refractivity contribution >= 4 is 40.1 Å². The first-order valence-corrected chi connectivity index (χ1v) is 5.94. The van der Waals surface area contributed by atoms with E-state index in [-0.39, 0.29) is 10.8 Å². The molecule has 5 heteroatoms. The van der Waals surface area contributed by atoms with Crippen molar-refractivity contribution in [1.82, 2.24) is 0 Å². The predicted molar refractivity (Wildman–Crippen MR) is 67.2 cm³/mol. The van der Waals surface area contributed by atoms with Crippen molar-refractivity contribution in [3.8, 4) is 0 Å². The van der Waals surface area contributed by atoms with Crippen molar-refractivity contribution in [1.29, 1.82) is 0 Å². The molecular formula is C12H10Cl2O3. The van der Waals surface area contributed by atoms with Crippen LogP contribution in [0.1, 0.15) is 29.5 Å². The smallest absolute Gasteiger partial charge is 0.372 e. The highest BCUT2D eigenvalue weighted by molar-refractivity contribution is 6.45. The minimum atomic E-state index is -1.09. The number of rotatable bonds is 3. The molecule has 0 fully saturated rings. The van der Waals surface area contributed by atoms with E-state index in [4.69, 9.17) is 32.7 Å². The third kappa shape index (κ3) is 2.01. The Morgan fingerprint density at radius 1 is 1.41 bits per heavy atom. The van der Waals surface area contributed by atoms with Crippen LogP contribution in [0.5, 0.6) is 0 Å². The number of fused-ring (bicyclic) bond motifs is 1. The van der Waals surface area contributed by atoms with Gasteiger partial charge < -0.3 is 9.52 Å². The van der Waals surface area contributed by atoms with Gasteiger partial charge >= 0.3 is 5.97 Å². The third-order valence-electron chi connectivity index (χ3n) is 2.55. The average molecular weight is 273 g/mol. The number of carbonyl (C=O) groups is 1. The average Bonchev–Trinajstić information content (AvgIpc) is 2.64. The van der Waals surface area contributed by atoms with Crippen LogP contribution >= 0.6 is 23.2 Å². The van der Waals surface area contributed by atoms with Gasteiger partial charge in [-0.15, -0.1) is 0 Å². The van der Waals surface area contributed by atoms with Crippen molar-refractivity contribution < 1.29 is 14.3 Å². The van der Waals surface area contributed by atoms with Crippen LogP contribution in [0.15, 0.2) is 16.5 Å². The molecule has 0 atom stereocenters. The number of hydrogen-bond acceptors (Lipinski definition) is 2. The fourth-order valence-corrected chi connectivity index (χ4v) is 2.18. The molecule has 0 spiro atoms. The van der Waals surface area contributed by atoms with Crippen LogP contribution in [-0.4, -0.2) is 11.1 Å².